The topological polar surface area (TPSA) is 44.4 Å². The fourth-order valence-corrected chi connectivity index (χ4v) is 1.84. The van der Waals surface area contributed by atoms with Gasteiger partial charge in [-0.2, -0.15) is 0 Å². The van der Waals surface area contributed by atoms with E-state index in [0.717, 1.165) is 45.4 Å². The van der Waals surface area contributed by atoms with Gasteiger partial charge in [-0.25, -0.2) is 0 Å². The maximum atomic E-state index is 11.7. The first-order chi connectivity index (χ1) is 7.20. The van der Waals surface area contributed by atoms with Crippen LogP contribution in [0.3, 0.4) is 0 Å². The lowest BCUT2D eigenvalue weighted by Crippen LogP contribution is -2.38. The third-order valence-electron chi connectivity index (χ3n) is 2.79. The van der Waals surface area contributed by atoms with E-state index in [0.29, 0.717) is 0 Å². The predicted octanol–water partition coefficient (Wildman–Crippen LogP) is 0.897. The lowest BCUT2D eigenvalue weighted by atomic mass is 9.97. The van der Waals surface area contributed by atoms with Crippen molar-refractivity contribution in [2.45, 2.75) is 19.3 Å². The smallest absolute Gasteiger partial charge is 0.223 e. The van der Waals surface area contributed by atoms with Gasteiger partial charge < -0.3 is 15.5 Å². The molecule has 1 heterocycles. The highest BCUT2D eigenvalue weighted by Crippen LogP contribution is 2.10. The van der Waals surface area contributed by atoms with Gasteiger partial charge in [0.25, 0.3) is 0 Å². The van der Waals surface area contributed by atoms with Crippen molar-refractivity contribution in [1.29, 1.82) is 0 Å². The molecule has 0 saturated carbocycles. The number of halogens is 2. The first-order valence-electron chi connectivity index (χ1n) is 5.83. The van der Waals surface area contributed by atoms with Crippen molar-refractivity contribution in [1.82, 2.24) is 15.5 Å². The van der Waals surface area contributed by atoms with E-state index in [2.05, 4.69) is 29.6 Å². The van der Waals surface area contributed by atoms with Crippen LogP contribution >= 0.6 is 24.8 Å². The van der Waals surface area contributed by atoms with E-state index in [-0.39, 0.29) is 36.6 Å². The summed E-state index contributed by atoms with van der Waals surface area (Å²) in [5, 5.41) is 6.28. The van der Waals surface area contributed by atoms with Gasteiger partial charge in [0, 0.05) is 12.5 Å². The third kappa shape index (κ3) is 8.66. The van der Waals surface area contributed by atoms with Gasteiger partial charge in [-0.05, 0) is 53.0 Å². The van der Waals surface area contributed by atoms with Crippen molar-refractivity contribution < 1.29 is 4.79 Å². The zero-order chi connectivity index (χ0) is 11.1. The van der Waals surface area contributed by atoms with Gasteiger partial charge in [0.2, 0.25) is 5.91 Å². The summed E-state index contributed by atoms with van der Waals surface area (Å²) in [5.74, 6) is 0.487. The van der Waals surface area contributed by atoms with Crippen LogP contribution in [0.15, 0.2) is 0 Å². The standard InChI is InChI=1S/C11H23N3O.2ClH/c1-14(2)9-3-6-13-11(15)10-4-7-12-8-5-10;;/h10,12H,3-9H2,1-2H3,(H,13,15);2*1H. The quantitative estimate of drug-likeness (QED) is 0.738. The van der Waals surface area contributed by atoms with E-state index < -0.39 is 0 Å². The van der Waals surface area contributed by atoms with Crippen molar-refractivity contribution in [3.8, 4) is 0 Å². The van der Waals surface area contributed by atoms with Crippen molar-refractivity contribution in [3.63, 3.8) is 0 Å². The fraction of sp³-hybridized carbons (Fsp3) is 0.909. The van der Waals surface area contributed by atoms with E-state index in [4.69, 9.17) is 0 Å². The van der Waals surface area contributed by atoms with Gasteiger partial charge in [-0.1, -0.05) is 0 Å². The van der Waals surface area contributed by atoms with Gasteiger partial charge in [-0.15, -0.1) is 24.8 Å². The van der Waals surface area contributed by atoms with E-state index in [9.17, 15) is 4.79 Å². The van der Waals surface area contributed by atoms with E-state index >= 15 is 0 Å². The molecule has 0 atom stereocenters. The van der Waals surface area contributed by atoms with Crippen LogP contribution < -0.4 is 10.6 Å². The molecule has 1 rings (SSSR count). The summed E-state index contributed by atoms with van der Waals surface area (Å²) in [6.07, 6.45) is 3.00. The first kappa shape index (κ1) is 19.3. The molecule has 0 bridgehead atoms. The number of nitrogens with one attached hydrogen (secondary N) is 2. The largest absolute Gasteiger partial charge is 0.356 e. The molecular formula is C11H25Cl2N3O. The highest BCUT2D eigenvalue weighted by molar-refractivity contribution is 5.85. The van der Waals surface area contributed by atoms with Crippen LogP contribution in [0.4, 0.5) is 0 Å². The Morgan fingerprint density at radius 3 is 2.41 bits per heavy atom. The fourth-order valence-electron chi connectivity index (χ4n) is 1.84. The Bertz CT molecular complexity index is 197. The monoisotopic (exact) mass is 285 g/mol. The average Bonchev–Trinajstić information content (AvgIpc) is 2.25. The van der Waals surface area contributed by atoms with Crippen LogP contribution in [0, 0.1) is 5.92 Å². The molecule has 0 unspecified atom stereocenters. The summed E-state index contributed by atoms with van der Waals surface area (Å²) >= 11 is 0. The van der Waals surface area contributed by atoms with Crippen molar-refractivity contribution in [2.75, 3.05) is 40.3 Å². The predicted molar refractivity (Wildman–Crippen MR) is 76.3 cm³/mol. The Morgan fingerprint density at radius 2 is 1.88 bits per heavy atom. The van der Waals surface area contributed by atoms with Crippen LogP contribution in [0.1, 0.15) is 19.3 Å². The SMILES string of the molecule is CN(C)CCCNC(=O)C1CCNCC1.Cl.Cl. The maximum Gasteiger partial charge on any atom is 0.223 e. The van der Waals surface area contributed by atoms with Crippen molar-refractivity contribution >= 4 is 30.7 Å². The third-order valence-corrected chi connectivity index (χ3v) is 2.79. The molecule has 1 fully saturated rings. The zero-order valence-electron chi connectivity index (χ0n) is 10.7. The molecule has 2 N–H and O–H groups in total. The highest BCUT2D eigenvalue weighted by Gasteiger charge is 2.19. The van der Waals surface area contributed by atoms with Crippen LogP contribution in [-0.4, -0.2) is 51.1 Å². The van der Waals surface area contributed by atoms with E-state index in [1.54, 1.807) is 0 Å². The van der Waals surface area contributed by atoms with Gasteiger partial charge in [0.05, 0.1) is 0 Å². The molecule has 0 aromatic heterocycles. The number of hydrogen-bond acceptors (Lipinski definition) is 3. The summed E-state index contributed by atoms with van der Waals surface area (Å²) in [6.45, 7) is 3.80. The van der Waals surface area contributed by atoms with E-state index in [1.165, 1.54) is 0 Å². The van der Waals surface area contributed by atoms with Crippen molar-refractivity contribution in [3.05, 3.63) is 0 Å². The molecular weight excluding hydrogens is 261 g/mol. The van der Waals surface area contributed by atoms with Gasteiger partial charge in [0.1, 0.15) is 0 Å². The number of rotatable bonds is 5. The number of amides is 1. The molecule has 1 amide bonds. The van der Waals surface area contributed by atoms with Crippen molar-refractivity contribution in [2.24, 2.45) is 5.92 Å². The molecule has 0 radical (unpaired) electrons. The summed E-state index contributed by atoms with van der Waals surface area (Å²) in [5.41, 5.74) is 0. The number of piperidine rings is 1. The van der Waals surface area contributed by atoms with E-state index in [1.807, 2.05) is 0 Å². The first-order valence-corrected chi connectivity index (χ1v) is 5.83. The summed E-state index contributed by atoms with van der Waals surface area (Å²) in [4.78, 5) is 13.8. The Morgan fingerprint density at radius 1 is 1.29 bits per heavy atom. The molecule has 1 saturated heterocycles. The molecule has 0 spiro atoms. The van der Waals surface area contributed by atoms with Crippen LogP contribution in [0.25, 0.3) is 0 Å². The molecule has 0 aliphatic carbocycles. The van der Waals surface area contributed by atoms with Crippen LogP contribution in [0.5, 0.6) is 0 Å². The van der Waals surface area contributed by atoms with Crippen LogP contribution in [-0.2, 0) is 4.79 Å². The average molecular weight is 286 g/mol. The minimum absolute atomic E-state index is 0. The van der Waals surface area contributed by atoms with Gasteiger partial charge in [-0.3, -0.25) is 4.79 Å². The second kappa shape index (κ2) is 11.1. The maximum absolute atomic E-state index is 11.7. The normalized spacial score (nSPS) is 15.9. The number of nitrogens with zero attached hydrogens (tertiary/aromatic N) is 1. The Balaban J connectivity index is 0. The molecule has 4 nitrogen and oxygen atoms in total. The van der Waals surface area contributed by atoms with Crippen LogP contribution in [0.2, 0.25) is 0 Å². The number of hydrogen-bond donors (Lipinski definition) is 2. The zero-order valence-corrected chi connectivity index (χ0v) is 12.3. The van der Waals surface area contributed by atoms with Gasteiger partial charge in [0.15, 0.2) is 0 Å². The second-order valence-corrected chi connectivity index (χ2v) is 4.47. The molecule has 0 aromatic rings. The molecule has 0 aromatic carbocycles. The summed E-state index contributed by atoms with van der Waals surface area (Å²) < 4.78 is 0. The minimum Gasteiger partial charge on any atom is -0.356 e. The lowest BCUT2D eigenvalue weighted by molar-refractivity contribution is -0.125. The van der Waals surface area contributed by atoms with Gasteiger partial charge >= 0.3 is 0 Å². The molecule has 1 aliphatic rings. The second-order valence-electron chi connectivity index (χ2n) is 4.47. The Kier molecular flexibility index (Phi) is 12.6. The molecule has 17 heavy (non-hydrogen) atoms. The summed E-state index contributed by atoms with van der Waals surface area (Å²) in [7, 11) is 4.10. The molecule has 6 heteroatoms. The molecule has 1 aliphatic heterocycles. The number of carbonyl (C=O) groups is 1. The summed E-state index contributed by atoms with van der Waals surface area (Å²) in [6, 6.07) is 0. The molecule has 104 valence electrons. The Hall–Kier alpha value is -0.0300. The highest BCUT2D eigenvalue weighted by atomic mass is 35.5. The lowest BCUT2D eigenvalue weighted by Gasteiger charge is -2.21. The number of carbonyl (C=O) groups excluding carboxylic acids is 1. The Labute approximate surface area is 117 Å². The minimum atomic E-state index is 0.